The Hall–Kier alpha value is -2.63. The van der Waals surface area contributed by atoms with Crippen molar-refractivity contribution in [2.75, 3.05) is 18.0 Å². The topological polar surface area (TPSA) is 64.3 Å². The van der Waals surface area contributed by atoms with Crippen LogP contribution in [-0.2, 0) is 0 Å². The summed E-state index contributed by atoms with van der Waals surface area (Å²) in [6, 6.07) is 6.36. The minimum atomic E-state index is 0.234. The minimum Gasteiger partial charge on any atom is -0.490 e. The largest absolute Gasteiger partial charge is 0.490 e. The van der Waals surface area contributed by atoms with Crippen LogP contribution in [0, 0.1) is 20.8 Å². The fourth-order valence-corrected chi connectivity index (χ4v) is 3.34. The molecule has 25 heavy (non-hydrogen) atoms. The van der Waals surface area contributed by atoms with E-state index in [1.54, 1.807) is 6.33 Å². The van der Waals surface area contributed by atoms with E-state index in [4.69, 9.17) is 9.26 Å². The maximum atomic E-state index is 6.26. The van der Waals surface area contributed by atoms with Gasteiger partial charge in [-0.15, -0.1) is 0 Å². The maximum absolute atomic E-state index is 6.26. The predicted molar refractivity (Wildman–Crippen MR) is 96.1 cm³/mol. The first-order valence-electron chi connectivity index (χ1n) is 8.67. The van der Waals surface area contributed by atoms with Crippen LogP contribution in [0.3, 0.4) is 0 Å². The zero-order chi connectivity index (χ0) is 17.4. The number of ether oxygens (including phenoxy) is 1. The lowest BCUT2D eigenvalue weighted by molar-refractivity contribution is 0.169. The first-order valence-corrected chi connectivity index (χ1v) is 8.67. The molecule has 0 saturated carbocycles. The van der Waals surface area contributed by atoms with Crippen LogP contribution in [0.25, 0.3) is 11.1 Å². The average molecular weight is 338 g/mol. The third-order valence-electron chi connectivity index (χ3n) is 4.80. The molecule has 6 nitrogen and oxygen atoms in total. The highest BCUT2D eigenvalue weighted by Gasteiger charge is 2.25. The Morgan fingerprint density at radius 1 is 1.12 bits per heavy atom. The quantitative estimate of drug-likeness (QED) is 0.727. The number of benzene rings is 1. The van der Waals surface area contributed by atoms with E-state index >= 15 is 0 Å². The van der Waals surface area contributed by atoms with Crippen LogP contribution in [0.1, 0.15) is 29.7 Å². The molecule has 0 N–H and O–H groups in total. The third-order valence-corrected chi connectivity index (χ3v) is 4.80. The molecule has 1 saturated heterocycles. The molecule has 6 heteroatoms. The van der Waals surface area contributed by atoms with Crippen LogP contribution >= 0.6 is 0 Å². The lowest BCUT2D eigenvalue weighted by Crippen LogP contribution is -2.39. The molecule has 1 fully saturated rings. The second-order valence-corrected chi connectivity index (χ2v) is 6.72. The molecule has 0 bridgehead atoms. The van der Waals surface area contributed by atoms with Crippen LogP contribution in [0.15, 0.2) is 29.0 Å². The second kappa shape index (κ2) is 6.35. The van der Waals surface area contributed by atoms with E-state index in [-0.39, 0.29) is 6.10 Å². The molecule has 1 aliphatic heterocycles. The van der Waals surface area contributed by atoms with Crippen molar-refractivity contribution >= 4 is 16.9 Å². The Morgan fingerprint density at radius 3 is 2.72 bits per heavy atom. The molecule has 0 amide bonds. The molecule has 1 aliphatic rings. The highest BCUT2D eigenvalue weighted by molar-refractivity contribution is 5.87. The summed E-state index contributed by atoms with van der Waals surface area (Å²) in [6.45, 7) is 7.90. The standard InChI is InChI=1S/C19H22N4O2/c1-12-4-5-13(2)16(10-12)24-15-6-8-23(9-7-15)18-17-14(3)22-25-19(17)21-11-20-18/h4-5,10-11,15H,6-9H2,1-3H3. The molecule has 0 radical (unpaired) electrons. The van der Waals surface area contributed by atoms with Crippen molar-refractivity contribution in [1.29, 1.82) is 0 Å². The Balaban J connectivity index is 1.48. The Morgan fingerprint density at radius 2 is 1.92 bits per heavy atom. The fraction of sp³-hybridized carbons (Fsp3) is 0.421. The van der Waals surface area contributed by atoms with Crippen molar-refractivity contribution in [3.8, 4) is 5.75 Å². The van der Waals surface area contributed by atoms with E-state index in [0.717, 1.165) is 48.6 Å². The number of piperidine rings is 1. The van der Waals surface area contributed by atoms with Gasteiger partial charge in [0.2, 0.25) is 0 Å². The summed E-state index contributed by atoms with van der Waals surface area (Å²) < 4.78 is 11.5. The van der Waals surface area contributed by atoms with Crippen LogP contribution in [0.5, 0.6) is 5.75 Å². The van der Waals surface area contributed by atoms with Gasteiger partial charge in [-0.1, -0.05) is 17.3 Å². The zero-order valence-electron chi connectivity index (χ0n) is 14.8. The van der Waals surface area contributed by atoms with Gasteiger partial charge in [-0.05, 0) is 38.0 Å². The smallest absolute Gasteiger partial charge is 0.263 e. The van der Waals surface area contributed by atoms with Crippen LogP contribution in [0.4, 0.5) is 5.82 Å². The van der Waals surface area contributed by atoms with Crippen LogP contribution in [-0.4, -0.2) is 34.3 Å². The first-order chi connectivity index (χ1) is 12.1. The van der Waals surface area contributed by atoms with Crippen LogP contribution in [0.2, 0.25) is 0 Å². The number of nitrogens with zero attached hydrogens (tertiary/aromatic N) is 4. The number of fused-ring (bicyclic) bond motifs is 1. The van der Waals surface area contributed by atoms with E-state index in [0.29, 0.717) is 5.71 Å². The Kier molecular flexibility index (Phi) is 4.03. The predicted octanol–water partition coefficient (Wildman–Crippen LogP) is 3.59. The summed E-state index contributed by atoms with van der Waals surface area (Å²) in [5.41, 5.74) is 3.80. The number of aryl methyl sites for hydroxylation is 3. The van der Waals surface area contributed by atoms with Gasteiger partial charge in [-0.3, -0.25) is 0 Å². The van der Waals surface area contributed by atoms with E-state index < -0.39 is 0 Å². The van der Waals surface area contributed by atoms with Crippen molar-refractivity contribution in [3.63, 3.8) is 0 Å². The van der Waals surface area contributed by atoms with Gasteiger partial charge in [0.1, 0.15) is 29.4 Å². The number of hydrogen-bond donors (Lipinski definition) is 0. The third kappa shape index (κ3) is 3.04. The van der Waals surface area contributed by atoms with E-state index in [2.05, 4.69) is 52.1 Å². The van der Waals surface area contributed by atoms with E-state index in [9.17, 15) is 0 Å². The van der Waals surface area contributed by atoms with Crippen molar-refractivity contribution in [2.45, 2.75) is 39.7 Å². The van der Waals surface area contributed by atoms with Gasteiger partial charge in [0.25, 0.3) is 5.71 Å². The molecule has 0 spiro atoms. The van der Waals surface area contributed by atoms with Gasteiger partial charge in [0.15, 0.2) is 0 Å². The summed E-state index contributed by atoms with van der Waals surface area (Å²) in [5, 5.41) is 4.92. The lowest BCUT2D eigenvalue weighted by atomic mass is 10.1. The number of aromatic nitrogens is 3. The maximum Gasteiger partial charge on any atom is 0.263 e. The van der Waals surface area contributed by atoms with Gasteiger partial charge in [-0.25, -0.2) is 4.98 Å². The Bertz CT molecular complexity index is 898. The van der Waals surface area contributed by atoms with Gasteiger partial charge < -0.3 is 14.2 Å². The van der Waals surface area contributed by atoms with Gasteiger partial charge >= 0.3 is 0 Å². The average Bonchev–Trinajstić information content (AvgIpc) is 3.00. The molecule has 2 aromatic heterocycles. The van der Waals surface area contributed by atoms with Crippen LogP contribution < -0.4 is 9.64 Å². The van der Waals surface area contributed by atoms with Crippen molar-refractivity contribution in [3.05, 3.63) is 41.3 Å². The summed E-state index contributed by atoms with van der Waals surface area (Å²) >= 11 is 0. The number of hydrogen-bond acceptors (Lipinski definition) is 6. The highest BCUT2D eigenvalue weighted by atomic mass is 16.5. The molecule has 130 valence electrons. The van der Waals surface area contributed by atoms with Gasteiger partial charge in [0.05, 0.1) is 5.69 Å². The molecule has 0 atom stereocenters. The van der Waals surface area contributed by atoms with E-state index in [1.807, 2.05) is 6.92 Å². The van der Waals surface area contributed by atoms with Gasteiger partial charge in [0, 0.05) is 25.9 Å². The van der Waals surface area contributed by atoms with Crippen molar-refractivity contribution in [2.24, 2.45) is 0 Å². The molecular weight excluding hydrogens is 316 g/mol. The van der Waals surface area contributed by atoms with Crippen molar-refractivity contribution in [1.82, 2.24) is 15.1 Å². The second-order valence-electron chi connectivity index (χ2n) is 6.72. The lowest BCUT2D eigenvalue weighted by Gasteiger charge is -2.33. The highest BCUT2D eigenvalue weighted by Crippen LogP contribution is 2.29. The molecule has 3 aromatic rings. The van der Waals surface area contributed by atoms with E-state index in [1.165, 1.54) is 11.1 Å². The Labute approximate surface area is 146 Å². The number of anilines is 1. The van der Waals surface area contributed by atoms with Gasteiger partial charge in [-0.2, -0.15) is 4.98 Å². The zero-order valence-corrected chi connectivity index (χ0v) is 14.8. The SMILES string of the molecule is Cc1ccc(C)c(OC2CCN(c3ncnc4onc(C)c34)CC2)c1. The molecular formula is C19H22N4O2. The first kappa shape index (κ1) is 15.9. The summed E-state index contributed by atoms with van der Waals surface area (Å²) in [4.78, 5) is 10.9. The molecule has 3 heterocycles. The molecule has 0 unspecified atom stereocenters. The molecule has 4 rings (SSSR count). The molecule has 1 aromatic carbocycles. The minimum absolute atomic E-state index is 0.234. The summed E-state index contributed by atoms with van der Waals surface area (Å²) in [5.74, 6) is 1.91. The summed E-state index contributed by atoms with van der Waals surface area (Å²) in [6.07, 6.45) is 3.70. The summed E-state index contributed by atoms with van der Waals surface area (Å²) in [7, 11) is 0. The monoisotopic (exact) mass is 338 g/mol. The molecule has 0 aliphatic carbocycles. The van der Waals surface area contributed by atoms with Crippen molar-refractivity contribution < 1.29 is 9.26 Å². The fourth-order valence-electron chi connectivity index (χ4n) is 3.34. The number of rotatable bonds is 3. The normalized spacial score (nSPS) is 15.7.